The number of aliphatic hydroxyl groups is 1. The molecule has 4 saturated carbocycles. The number of aliphatic hydroxyl groups excluding tert-OH is 1. The summed E-state index contributed by atoms with van der Waals surface area (Å²) in [5, 5.41) is 11.9. The Bertz CT molecular complexity index is 1230. The van der Waals surface area contributed by atoms with Gasteiger partial charge in [0.2, 0.25) is 5.78 Å². The van der Waals surface area contributed by atoms with Crippen LogP contribution in [0, 0.1) is 56.8 Å². The van der Waals surface area contributed by atoms with Crippen LogP contribution in [0.1, 0.15) is 93.4 Å². The Morgan fingerprint density at radius 1 is 1.05 bits per heavy atom. The predicted octanol–water partition coefficient (Wildman–Crippen LogP) is 6.30. The van der Waals surface area contributed by atoms with Crippen molar-refractivity contribution < 1.29 is 24.2 Å². The van der Waals surface area contributed by atoms with Crippen molar-refractivity contribution in [2.24, 2.45) is 50.2 Å². The minimum Gasteiger partial charge on any atom is -0.469 e. The average Bonchev–Trinajstić information content (AvgIpc) is 2.87. The number of alkyl halides is 1. The van der Waals surface area contributed by atoms with Crippen LogP contribution in [0.25, 0.3) is 4.85 Å². The highest BCUT2D eigenvalue weighted by Gasteiger charge is 2.77. The second kappa shape index (κ2) is 8.28. The summed E-state index contributed by atoms with van der Waals surface area (Å²) < 4.78 is 3.64. The molecule has 2 unspecified atom stereocenters. The summed E-state index contributed by atoms with van der Waals surface area (Å²) in [6.45, 7) is 22.6. The van der Waals surface area contributed by atoms with Crippen LogP contribution < -0.4 is 0 Å². The number of hydrogen-bond donors (Lipinski definition) is 1. The number of nitrogens with zero attached hydrogens (tertiary/aromatic N) is 1. The lowest BCUT2D eigenvalue weighted by Crippen LogP contribution is -2.71. The molecule has 0 bridgehead atoms. The van der Waals surface area contributed by atoms with E-state index >= 15 is 0 Å². The lowest BCUT2D eigenvalue weighted by Gasteiger charge is -2.70. The van der Waals surface area contributed by atoms with Gasteiger partial charge in [-0.05, 0) is 79.1 Å². The molecule has 214 valence electrons. The first kappa shape index (κ1) is 29.0. The number of Topliss-reactive ketones (excluding diaryl/α,β-unsaturated/α-hetero) is 1. The van der Waals surface area contributed by atoms with Gasteiger partial charge < -0.3 is 9.84 Å². The van der Waals surface area contributed by atoms with Gasteiger partial charge in [-0.15, -0.1) is 0 Å². The van der Waals surface area contributed by atoms with Gasteiger partial charge in [0, 0.05) is 32.7 Å². The Morgan fingerprint density at radius 3 is 2.26 bits per heavy atom. The maximum Gasteiger partial charge on any atom is 0.368 e. The fourth-order valence-corrected chi connectivity index (χ4v) is 11.6. The van der Waals surface area contributed by atoms with Crippen LogP contribution >= 0.6 is 15.9 Å². The van der Waals surface area contributed by atoms with Crippen LogP contribution in [0.3, 0.4) is 0 Å². The first-order chi connectivity index (χ1) is 17.8. The Kier molecular flexibility index (Phi) is 6.15. The number of allylic oxidation sites excluding steroid dienone is 1. The van der Waals surface area contributed by atoms with Crippen molar-refractivity contribution in [1.82, 2.24) is 0 Å². The van der Waals surface area contributed by atoms with Crippen molar-refractivity contribution in [3.05, 3.63) is 23.1 Å². The highest BCUT2D eigenvalue weighted by molar-refractivity contribution is 9.10. The summed E-state index contributed by atoms with van der Waals surface area (Å²) in [5.74, 6) is -1.11. The van der Waals surface area contributed by atoms with Crippen molar-refractivity contribution in [2.75, 3.05) is 7.11 Å². The summed E-state index contributed by atoms with van der Waals surface area (Å²) >= 11 is 3.40. The molecule has 0 radical (unpaired) electrons. The van der Waals surface area contributed by atoms with Crippen molar-refractivity contribution in [3.8, 4) is 0 Å². The van der Waals surface area contributed by atoms with E-state index < -0.39 is 37.6 Å². The largest absolute Gasteiger partial charge is 0.469 e. The number of fused-ring (bicyclic) bond motifs is 7. The lowest BCUT2D eigenvalue weighted by atomic mass is 9.33. The molecule has 0 aromatic rings. The third kappa shape index (κ3) is 3.25. The SMILES string of the molecule is [C-]#[N+]C1(Br)C(=O)C(C)(C)[C@@H]2CC[C@]3(C)C(=CC(=O)[C@@H]4[C@@H]5CC(C)(C)CC[C@]5(C(=O)OC)CC[C@]43C)[C@@]2(C)C1O. The second-order valence-electron chi connectivity index (χ2n) is 15.4. The Balaban J connectivity index is 1.72. The molecule has 5 aliphatic rings. The van der Waals surface area contributed by atoms with Crippen LogP contribution in [0.15, 0.2) is 11.6 Å². The molecule has 0 aliphatic heterocycles. The molecular weight excluding hydrogens is 558 g/mol. The van der Waals surface area contributed by atoms with Gasteiger partial charge in [-0.2, -0.15) is 0 Å². The average molecular weight is 603 g/mol. The van der Waals surface area contributed by atoms with Gasteiger partial charge in [0.05, 0.1) is 12.5 Å². The standard InChI is InChI=1S/C32H44BrNO5/c1-26(2)12-14-31(25(38)39-9)15-13-29(6)22(18(31)17-26)19(35)16-21-28(29,5)11-10-20-27(3,4)23(36)32(33,34-8)24(37)30(20,21)7/h16,18,20,22,24,37H,10-15,17H2,1-7,9H3/t18-,20-,22-,24?,28+,29+,30-,31-,32?/m0/s1. The van der Waals surface area contributed by atoms with Crippen molar-refractivity contribution in [1.29, 1.82) is 0 Å². The van der Waals surface area contributed by atoms with Gasteiger partial charge in [-0.3, -0.25) is 19.2 Å². The number of rotatable bonds is 1. The van der Waals surface area contributed by atoms with E-state index in [2.05, 4.69) is 48.5 Å². The molecule has 0 aromatic carbocycles. The predicted molar refractivity (Wildman–Crippen MR) is 151 cm³/mol. The van der Waals surface area contributed by atoms with E-state index in [1.807, 2.05) is 20.8 Å². The van der Waals surface area contributed by atoms with E-state index in [9.17, 15) is 19.5 Å². The van der Waals surface area contributed by atoms with Crippen molar-refractivity contribution in [3.63, 3.8) is 0 Å². The second-order valence-corrected chi connectivity index (χ2v) is 16.6. The van der Waals surface area contributed by atoms with Gasteiger partial charge in [-0.1, -0.05) is 54.0 Å². The number of halogens is 1. The van der Waals surface area contributed by atoms with Crippen LogP contribution in [0.5, 0.6) is 0 Å². The number of carbonyl (C=O) groups is 3. The molecule has 7 heteroatoms. The summed E-state index contributed by atoms with van der Waals surface area (Å²) in [5.41, 5.74) is -2.41. The number of esters is 1. The van der Waals surface area contributed by atoms with Gasteiger partial charge in [-0.25, -0.2) is 6.57 Å². The number of ketones is 2. The fraction of sp³-hybridized carbons (Fsp3) is 0.812. The number of ether oxygens (including phenoxy) is 1. The van der Waals surface area contributed by atoms with E-state index in [4.69, 9.17) is 11.3 Å². The smallest absolute Gasteiger partial charge is 0.368 e. The zero-order valence-corrected chi connectivity index (χ0v) is 26.3. The number of carbonyl (C=O) groups excluding carboxylic acids is 3. The monoisotopic (exact) mass is 601 g/mol. The van der Waals surface area contributed by atoms with Crippen LogP contribution in [-0.2, 0) is 19.1 Å². The zero-order valence-electron chi connectivity index (χ0n) is 24.7. The zero-order chi connectivity index (χ0) is 29.2. The first-order valence-corrected chi connectivity index (χ1v) is 15.3. The summed E-state index contributed by atoms with van der Waals surface area (Å²) in [4.78, 5) is 45.2. The van der Waals surface area contributed by atoms with Crippen LogP contribution in [-0.4, -0.2) is 40.3 Å². The third-order valence-corrected chi connectivity index (χ3v) is 14.0. The van der Waals surface area contributed by atoms with Gasteiger partial charge in [0.1, 0.15) is 0 Å². The Labute approximate surface area is 241 Å². The molecule has 9 atom stereocenters. The van der Waals surface area contributed by atoms with Crippen molar-refractivity contribution >= 4 is 33.5 Å². The topological polar surface area (TPSA) is 85.0 Å². The van der Waals surface area contributed by atoms with E-state index in [1.165, 1.54) is 7.11 Å². The highest BCUT2D eigenvalue weighted by atomic mass is 79.9. The minimum absolute atomic E-state index is 0.0183. The van der Waals surface area contributed by atoms with Gasteiger partial charge in [0.25, 0.3) is 0 Å². The highest BCUT2D eigenvalue weighted by Crippen LogP contribution is 2.75. The molecule has 1 N–H and O–H groups in total. The molecule has 6 nitrogen and oxygen atoms in total. The van der Waals surface area contributed by atoms with E-state index in [0.29, 0.717) is 12.8 Å². The normalized spacial score (nSPS) is 49.8. The fourth-order valence-electron chi connectivity index (χ4n) is 10.6. The van der Waals surface area contributed by atoms with E-state index in [1.54, 1.807) is 6.08 Å². The maximum absolute atomic E-state index is 14.5. The Morgan fingerprint density at radius 2 is 1.67 bits per heavy atom. The molecule has 0 amide bonds. The number of methoxy groups -OCH3 is 1. The van der Waals surface area contributed by atoms with Crippen LogP contribution in [0.2, 0.25) is 0 Å². The first-order valence-electron chi connectivity index (χ1n) is 14.5. The molecular formula is C32H44BrNO5. The molecule has 5 rings (SSSR count). The summed E-state index contributed by atoms with van der Waals surface area (Å²) in [6.07, 6.45) is 5.83. The van der Waals surface area contributed by atoms with Gasteiger partial charge in [0.15, 0.2) is 11.9 Å². The molecule has 5 aliphatic carbocycles. The number of hydrogen-bond acceptors (Lipinski definition) is 5. The molecule has 39 heavy (non-hydrogen) atoms. The molecule has 0 heterocycles. The summed E-state index contributed by atoms with van der Waals surface area (Å²) in [6, 6.07) is 0. The van der Waals surface area contributed by atoms with Gasteiger partial charge >= 0.3 is 10.4 Å². The summed E-state index contributed by atoms with van der Waals surface area (Å²) in [7, 11) is 1.46. The Hall–Kier alpha value is -1.52. The molecule has 4 fully saturated rings. The molecule has 0 aromatic heterocycles. The third-order valence-electron chi connectivity index (χ3n) is 13.1. The quantitative estimate of drug-likeness (QED) is 0.165. The molecule has 0 spiro atoms. The lowest BCUT2D eigenvalue weighted by molar-refractivity contribution is -0.197. The van der Waals surface area contributed by atoms with Crippen molar-refractivity contribution in [2.45, 2.75) is 104 Å². The molecule has 0 saturated heterocycles. The maximum atomic E-state index is 14.5. The van der Waals surface area contributed by atoms with E-state index in [-0.39, 0.29) is 40.7 Å². The van der Waals surface area contributed by atoms with E-state index in [0.717, 1.165) is 37.7 Å². The minimum atomic E-state index is -1.76. The van der Waals surface area contributed by atoms with Crippen LogP contribution in [0.4, 0.5) is 0 Å².